The summed E-state index contributed by atoms with van der Waals surface area (Å²) in [6.07, 6.45) is 4.17. The molecule has 0 spiro atoms. The van der Waals surface area contributed by atoms with Crippen LogP contribution in [0.1, 0.15) is 11.1 Å². The van der Waals surface area contributed by atoms with Crippen molar-refractivity contribution in [3.05, 3.63) is 65.7 Å². The normalized spacial score (nSPS) is 10.7. The van der Waals surface area contributed by atoms with E-state index in [4.69, 9.17) is 0 Å². The molecule has 0 saturated carbocycles. The molecule has 0 aliphatic rings. The minimum atomic E-state index is 1.00. The van der Waals surface area contributed by atoms with Crippen molar-refractivity contribution in [2.45, 2.75) is 4.90 Å². The molecular weight excluding hydrogens is 200 g/mol. The summed E-state index contributed by atoms with van der Waals surface area (Å²) in [5, 5.41) is 0. The standard InChI is InChI=1S/C14H12S/c15-14-9-5-4-8-13(14)11-10-12-6-2-1-3-7-12/h1-11,15H/b11-10+. The van der Waals surface area contributed by atoms with E-state index >= 15 is 0 Å². The van der Waals surface area contributed by atoms with Crippen molar-refractivity contribution in [2.24, 2.45) is 0 Å². The Hall–Kier alpha value is -1.47. The summed E-state index contributed by atoms with van der Waals surface area (Å²) in [6.45, 7) is 0. The number of hydrogen-bond acceptors (Lipinski definition) is 1. The first kappa shape index (κ1) is 10.1. The van der Waals surface area contributed by atoms with Gasteiger partial charge in [0.1, 0.15) is 0 Å². The Morgan fingerprint density at radius 3 is 2.13 bits per heavy atom. The van der Waals surface area contributed by atoms with Crippen LogP contribution in [0.15, 0.2) is 59.5 Å². The minimum absolute atomic E-state index is 1.00. The lowest BCUT2D eigenvalue weighted by Crippen LogP contribution is -1.74. The molecule has 0 bridgehead atoms. The molecule has 0 aliphatic heterocycles. The van der Waals surface area contributed by atoms with Crippen LogP contribution in [0.4, 0.5) is 0 Å². The fourth-order valence-electron chi connectivity index (χ4n) is 1.38. The largest absolute Gasteiger partial charge is 0.143 e. The second-order valence-corrected chi connectivity index (χ2v) is 3.78. The van der Waals surface area contributed by atoms with Gasteiger partial charge < -0.3 is 0 Å². The second-order valence-electron chi connectivity index (χ2n) is 3.30. The second kappa shape index (κ2) is 4.85. The highest BCUT2D eigenvalue weighted by Gasteiger charge is 1.91. The van der Waals surface area contributed by atoms with E-state index in [2.05, 4.69) is 43.0 Å². The van der Waals surface area contributed by atoms with Crippen molar-refractivity contribution >= 4 is 24.8 Å². The number of thiol groups is 1. The summed E-state index contributed by atoms with van der Waals surface area (Å²) in [7, 11) is 0. The van der Waals surface area contributed by atoms with Gasteiger partial charge in [0.25, 0.3) is 0 Å². The van der Waals surface area contributed by atoms with Crippen LogP contribution in [0.3, 0.4) is 0 Å². The summed E-state index contributed by atoms with van der Waals surface area (Å²) >= 11 is 4.39. The van der Waals surface area contributed by atoms with E-state index in [1.165, 1.54) is 5.56 Å². The van der Waals surface area contributed by atoms with Gasteiger partial charge in [-0.3, -0.25) is 0 Å². The van der Waals surface area contributed by atoms with Gasteiger partial charge in [-0.2, -0.15) is 0 Å². The van der Waals surface area contributed by atoms with Gasteiger partial charge in [-0.1, -0.05) is 60.7 Å². The molecule has 0 nitrogen and oxygen atoms in total. The van der Waals surface area contributed by atoms with Crippen LogP contribution in [-0.2, 0) is 0 Å². The summed E-state index contributed by atoms with van der Waals surface area (Å²) in [6, 6.07) is 18.3. The lowest BCUT2D eigenvalue weighted by Gasteiger charge is -1.97. The minimum Gasteiger partial charge on any atom is -0.143 e. The van der Waals surface area contributed by atoms with Crippen molar-refractivity contribution in [1.82, 2.24) is 0 Å². The highest BCUT2D eigenvalue weighted by molar-refractivity contribution is 7.80. The van der Waals surface area contributed by atoms with E-state index in [1.54, 1.807) is 0 Å². The molecular formula is C14H12S. The van der Waals surface area contributed by atoms with Crippen LogP contribution in [-0.4, -0.2) is 0 Å². The molecule has 2 rings (SSSR count). The van der Waals surface area contributed by atoms with E-state index in [9.17, 15) is 0 Å². The highest BCUT2D eigenvalue weighted by atomic mass is 32.1. The molecule has 0 heterocycles. The van der Waals surface area contributed by atoms with Crippen molar-refractivity contribution in [1.29, 1.82) is 0 Å². The Morgan fingerprint density at radius 1 is 0.733 bits per heavy atom. The molecule has 0 atom stereocenters. The summed E-state index contributed by atoms with van der Waals surface area (Å²) in [5.74, 6) is 0. The lowest BCUT2D eigenvalue weighted by atomic mass is 10.1. The van der Waals surface area contributed by atoms with Crippen molar-refractivity contribution in [3.8, 4) is 0 Å². The van der Waals surface area contributed by atoms with Crippen LogP contribution in [0.5, 0.6) is 0 Å². The molecule has 0 aliphatic carbocycles. The first-order valence-electron chi connectivity index (χ1n) is 4.87. The number of hydrogen-bond donors (Lipinski definition) is 1. The zero-order valence-electron chi connectivity index (χ0n) is 8.30. The topological polar surface area (TPSA) is 0 Å². The van der Waals surface area contributed by atoms with E-state index in [1.807, 2.05) is 36.4 Å². The number of rotatable bonds is 2. The van der Waals surface area contributed by atoms with Crippen molar-refractivity contribution in [2.75, 3.05) is 0 Å². The maximum atomic E-state index is 4.39. The third-order valence-corrected chi connectivity index (χ3v) is 2.60. The molecule has 15 heavy (non-hydrogen) atoms. The van der Waals surface area contributed by atoms with Gasteiger partial charge in [0.2, 0.25) is 0 Å². The van der Waals surface area contributed by atoms with Crippen LogP contribution in [0, 0.1) is 0 Å². The molecule has 0 amide bonds. The Kier molecular flexibility index (Phi) is 3.25. The maximum absolute atomic E-state index is 4.39. The Labute approximate surface area is 95.7 Å². The van der Waals surface area contributed by atoms with Crippen LogP contribution < -0.4 is 0 Å². The Morgan fingerprint density at radius 2 is 1.40 bits per heavy atom. The molecule has 2 aromatic rings. The predicted molar refractivity (Wildman–Crippen MR) is 69.1 cm³/mol. The Bertz CT molecular complexity index is 458. The third kappa shape index (κ3) is 2.74. The molecule has 0 radical (unpaired) electrons. The first-order chi connectivity index (χ1) is 7.36. The molecule has 1 heteroatoms. The molecule has 0 saturated heterocycles. The SMILES string of the molecule is Sc1ccccc1/C=C/c1ccccc1. The Balaban J connectivity index is 2.23. The molecule has 2 aromatic carbocycles. The number of benzene rings is 2. The summed E-state index contributed by atoms with van der Waals surface area (Å²) in [4.78, 5) is 1.00. The quantitative estimate of drug-likeness (QED) is 0.561. The van der Waals surface area contributed by atoms with E-state index in [0.717, 1.165) is 10.5 Å². The molecule has 0 N–H and O–H groups in total. The van der Waals surface area contributed by atoms with Gasteiger partial charge in [-0.15, -0.1) is 12.6 Å². The van der Waals surface area contributed by atoms with Gasteiger partial charge >= 0.3 is 0 Å². The maximum Gasteiger partial charge on any atom is 0.0113 e. The lowest BCUT2D eigenvalue weighted by molar-refractivity contribution is 1.44. The zero-order chi connectivity index (χ0) is 10.5. The molecule has 0 unspecified atom stereocenters. The van der Waals surface area contributed by atoms with E-state index < -0.39 is 0 Å². The van der Waals surface area contributed by atoms with E-state index in [-0.39, 0.29) is 0 Å². The van der Waals surface area contributed by atoms with E-state index in [0.29, 0.717) is 0 Å². The van der Waals surface area contributed by atoms with Gasteiger partial charge in [-0.25, -0.2) is 0 Å². The van der Waals surface area contributed by atoms with Crippen molar-refractivity contribution in [3.63, 3.8) is 0 Å². The summed E-state index contributed by atoms with van der Waals surface area (Å²) in [5.41, 5.74) is 2.35. The smallest absolute Gasteiger partial charge is 0.0113 e. The predicted octanol–water partition coefficient (Wildman–Crippen LogP) is 4.15. The molecule has 0 aromatic heterocycles. The fraction of sp³-hybridized carbons (Fsp3) is 0. The van der Waals surface area contributed by atoms with Crippen molar-refractivity contribution < 1.29 is 0 Å². The fourth-order valence-corrected chi connectivity index (χ4v) is 1.61. The highest BCUT2D eigenvalue weighted by Crippen LogP contribution is 2.15. The average Bonchev–Trinajstić information content (AvgIpc) is 2.29. The molecule has 0 fully saturated rings. The average molecular weight is 212 g/mol. The van der Waals surface area contributed by atoms with Crippen LogP contribution in [0.25, 0.3) is 12.2 Å². The van der Waals surface area contributed by atoms with Gasteiger partial charge in [0, 0.05) is 4.90 Å². The van der Waals surface area contributed by atoms with Gasteiger partial charge in [0.15, 0.2) is 0 Å². The third-order valence-electron chi connectivity index (χ3n) is 2.19. The van der Waals surface area contributed by atoms with Gasteiger partial charge in [-0.05, 0) is 17.2 Å². The van der Waals surface area contributed by atoms with Crippen LogP contribution in [0.2, 0.25) is 0 Å². The summed E-state index contributed by atoms with van der Waals surface area (Å²) < 4.78 is 0. The first-order valence-corrected chi connectivity index (χ1v) is 5.32. The van der Waals surface area contributed by atoms with Gasteiger partial charge in [0.05, 0.1) is 0 Å². The molecule has 74 valence electrons. The zero-order valence-corrected chi connectivity index (χ0v) is 9.19. The van der Waals surface area contributed by atoms with Crippen LogP contribution >= 0.6 is 12.6 Å². The monoisotopic (exact) mass is 212 g/mol.